The van der Waals surface area contributed by atoms with Crippen molar-refractivity contribution in [2.24, 2.45) is 5.92 Å². The molecule has 1 N–H and O–H groups in total. The SMILES string of the molecule is C=O.CO.Cc1ccc(C(=O)Cc2nc(C34C=CC=CC3C4)cs2)cc1. The van der Waals surface area contributed by atoms with Crippen LogP contribution in [0.1, 0.15) is 33.0 Å². The summed E-state index contributed by atoms with van der Waals surface area (Å²) in [6.45, 7) is 4.03. The van der Waals surface area contributed by atoms with E-state index in [2.05, 4.69) is 29.7 Å². The first-order valence-corrected chi connectivity index (χ1v) is 9.20. The van der Waals surface area contributed by atoms with Gasteiger partial charge in [-0.05, 0) is 19.3 Å². The molecule has 2 unspecified atom stereocenters. The van der Waals surface area contributed by atoms with E-state index in [4.69, 9.17) is 14.9 Å². The number of aliphatic hydroxyl groups is 1. The minimum absolute atomic E-state index is 0.121. The molecule has 2 aliphatic rings. The summed E-state index contributed by atoms with van der Waals surface area (Å²) in [5, 5.41) is 10.0. The summed E-state index contributed by atoms with van der Waals surface area (Å²) in [6.07, 6.45) is 10.3. The predicted molar refractivity (Wildman–Crippen MR) is 105 cm³/mol. The van der Waals surface area contributed by atoms with Gasteiger partial charge >= 0.3 is 0 Å². The van der Waals surface area contributed by atoms with Gasteiger partial charge in [-0.1, -0.05) is 54.1 Å². The lowest BCUT2D eigenvalue weighted by Gasteiger charge is -2.10. The van der Waals surface area contributed by atoms with E-state index in [0.717, 1.165) is 29.8 Å². The first kappa shape index (κ1) is 19.9. The van der Waals surface area contributed by atoms with Crippen LogP contribution >= 0.6 is 11.3 Å². The number of aryl methyl sites for hydroxylation is 1. The molecule has 0 bridgehead atoms. The van der Waals surface area contributed by atoms with Crippen molar-refractivity contribution >= 4 is 23.9 Å². The summed E-state index contributed by atoms with van der Waals surface area (Å²) in [5.74, 6) is 0.741. The normalized spacial score (nSPS) is 21.6. The Hall–Kier alpha value is -2.37. The zero-order chi connectivity index (χ0) is 19.2. The van der Waals surface area contributed by atoms with Gasteiger partial charge in [-0.15, -0.1) is 11.3 Å². The molecule has 1 heterocycles. The Bertz CT molecular complexity index is 807. The van der Waals surface area contributed by atoms with Gasteiger partial charge < -0.3 is 9.90 Å². The Morgan fingerprint density at radius 3 is 2.62 bits per heavy atom. The Labute approximate surface area is 157 Å². The van der Waals surface area contributed by atoms with Crippen LogP contribution in [0.2, 0.25) is 0 Å². The van der Waals surface area contributed by atoms with E-state index in [1.165, 1.54) is 5.56 Å². The number of rotatable bonds is 4. The third kappa shape index (κ3) is 4.06. The number of nitrogens with zero attached hydrogens (tertiary/aromatic N) is 1. The lowest BCUT2D eigenvalue weighted by Crippen LogP contribution is -2.09. The van der Waals surface area contributed by atoms with E-state index < -0.39 is 0 Å². The summed E-state index contributed by atoms with van der Waals surface area (Å²) in [5.41, 5.74) is 3.19. The molecular weight excluding hydrogens is 346 g/mol. The highest BCUT2D eigenvalue weighted by molar-refractivity contribution is 7.09. The topological polar surface area (TPSA) is 67.3 Å². The molecule has 0 amide bonds. The van der Waals surface area contributed by atoms with Crippen molar-refractivity contribution in [1.29, 1.82) is 0 Å². The van der Waals surface area contributed by atoms with Gasteiger partial charge in [-0.25, -0.2) is 4.98 Å². The quantitative estimate of drug-likeness (QED) is 0.835. The second kappa shape index (κ2) is 8.83. The molecule has 2 atom stereocenters. The first-order valence-electron chi connectivity index (χ1n) is 8.32. The van der Waals surface area contributed by atoms with Gasteiger partial charge in [-0.2, -0.15) is 0 Å². The number of ketones is 1. The monoisotopic (exact) mass is 369 g/mol. The Morgan fingerprint density at radius 2 is 1.96 bits per heavy atom. The Balaban J connectivity index is 0.000000570. The molecule has 1 saturated carbocycles. The van der Waals surface area contributed by atoms with E-state index in [1.54, 1.807) is 11.3 Å². The smallest absolute Gasteiger partial charge is 0.169 e. The maximum absolute atomic E-state index is 12.3. The number of hydrogen-bond acceptors (Lipinski definition) is 5. The zero-order valence-electron chi connectivity index (χ0n) is 15.0. The number of benzene rings is 1. The van der Waals surface area contributed by atoms with Gasteiger partial charge in [0.2, 0.25) is 0 Å². The highest BCUT2D eigenvalue weighted by Crippen LogP contribution is 2.57. The van der Waals surface area contributed by atoms with E-state index in [1.807, 2.05) is 38.0 Å². The number of aromatic nitrogens is 1. The molecule has 26 heavy (non-hydrogen) atoms. The standard InChI is InChI=1S/C19H17NOS.CH4O.CH2O/c1-13-5-7-14(8-6-13)16(21)10-18-20-17(12-22-18)19-9-3-2-4-15(19)11-19;2*1-2/h2-9,12,15H,10-11H2,1H3;2H,1H3;1H2. The first-order chi connectivity index (χ1) is 12.7. The van der Waals surface area contributed by atoms with Crippen molar-refractivity contribution in [3.8, 4) is 0 Å². The molecule has 1 fully saturated rings. The van der Waals surface area contributed by atoms with Crippen molar-refractivity contribution in [2.45, 2.75) is 25.2 Å². The van der Waals surface area contributed by atoms with E-state index in [-0.39, 0.29) is 11.2 Å². The van der Waals surface area contributed by atoms with Crippen molar-refractivity contribution < 1.29 is 14.7 Å². The zero-order valence-corrected chi connectivity index (χ0v) is 15.8. The van der Waals surface area contributed by atoms with Gasteiger partial charge in [0.15, 0.2) is 5.78 Å². The fourth-order valence-electron chi connectivity index (χ4n) is 3.13. The van der Waals surface area contributed by atoms with Crippen LogP contribution in [-0.4, -0.2) is 29.8 Å². The van der Waals surface area contributed by atoms with Gasteiger partial charge in [0.05, 0.1) is 12.1 Å². The number of carbonyl (C=O) groups excluding carboxylic acids is 2. The number of carbonyl (C=O) groups is 2. The van der Waals surface area contributed by atoms with Crippen LogP contribution in [0.25, 0.3) is 0 Å². The minimum Gasteiger partial charge on any atom is -0.400 e. The van der Waals surface area contributed by atoms with Crippen molar-refractivity contribution in [1.82, 2.24) is 4.98 Å². The number of Topliss-reactive ketones (excluding diaryl/α,β-unsaturated/α-hetero) is 1. The molecule has 2 aromatic rings. The van der Waals surface area contributed by atoms with E-state index in [0.29, 0.717) is 12.3 Å². The van der Waals surface area contributed by atoms with Crippen molar-refractivity contribution in [2.75, 3.05) is 7.11 Å². The number of aliphatic hydroxyl groups excluding tert-OH is 1. The van der Waals surface area contributed by atoms with Crippen molar-refractivity contribution in [3.63, 3.8) is 0 Å². The maximum Gasteiger partial charge on any atom is 0.169 e. The van der Waals surface area contributed by atoms with Crippen LogP contribution in [-0.2, 0) is 16.6 Å². The Kier molecular flexibility index (Phi) is 6.77. The van der Waals surface area contributed by atoms with Crippen LogP contribution in [0.5, 0.6) is 0 Å². The minimum atomic E-state index is 0.121. The number of thiazole rings is 1. The molecule has 0 spiro atoms. The molecule has 2 aliphatic carbocycles. The molecule has 0 radical (unpaired) electrons. The van der Waals surface area contributed by atoms with Crippen molar-refractivity contribution in [3.05, 3.63) is 75.8 Å². The molecule has 0 saturated heterocycles. The summed E-state index contributed by atoms with van der Waals surface area (Å²) in [6, 6.07) is 7.76. The second-order valence-electron chi connectivity index (χ2n) is 6.19. The van der Waals surface area contributed by atoms with Crippen LogP contribution in [0, 0.1) is 12.8 Å². The fraction of sp³-hybridized carbons (Fsp3) is 0.286. The highest BCUT2D eigenvalue weighted by Gasteiger charge is 2.54. The average molecular weight is 369 g/mol. The molecule has 0 aliphatic heterocycles. The summed E-state index contributed by atoms with van der Waals surface area (Å²) < 4.78 is 0. The van der Waals surface area contributed by atoms with Gasteiger partial charge in [0.25, 0.3) is 0 Å². The van der Waals surface area contributed by atoms with Crippen LogP contribution in [0.3, 0.4) is 0 Å². The third-order valence-corrected chi connectivity index (χ3v) is 5.47. The summed E-state index contributed by atoms with van der Waals surface area (Å²) in [4.78, 5) is 25.1. The molecule has 5 heteroatoms. The number of allylic oxidation sites excluding steroid dienone is 4. The van der Waals surface area contributed by atoms with Crippen LogP contribution in [0.15, 0.2) is 53.9 Å². The summed E-state index contributed by atoms with van der Waals surface area (Å²) >= 11 is 1.60. The lowest BCUT2D eigenvalue weighted by atomic mass is 9.96. The predicted octanol–water partition coefficient (Wildman–Crippen LogP) is 3.68. The Morgan fingerprint density at radius 1 is 1.27 bits per heavy atom. The molecule has 136 valence electrons. The maximum atomic E-state index is 12.3. The van der Waals surface area contributed by atoms with E-state index >= 15 is 0 Å². The second-order valence-corrected chi connectivity index (χ2v) is 7.13. The highest BCUT2D eigenvalue weighted by atomic mass is 32.1. The van der Waals surface area contributed by atoms with Gasteiger partial charge in [0, 0.05) is 23.5 Å². The van der Waals surface area contributed by atoms with Gasteiger partial charge in [-0.3, -0.25) is 4.79 Å². The van der Waals surface area contributed by atoms with Crippen LogP contribution in [0.4, 0.5) is 0 Å². The molecule has 4 nitrogen and oxygen atoms in total. The van der Waals surface area contributed by atoms with E-state index in [9.17, 15) is 4.79 Å². The lowest BCUT2D eigenvalue weighted by molar-refractivity contribution is -0.0980. The molecule has 1 aromatic carbocycles. The largest absolute Gasteiger partial charge is 0.400 e. The van der Waals surface area contributed by atoms with Crippen LogP contribution < -0.4 is 0 Å². The number of hydrogen-bond donors (Lipinski definition) is 1. The van der Waals surface area contributed by atoms with Gasteiger partial charge in [0.1, 0.15) is 11.8 Å². The molecule has 4 rings (SSSR count). The number of fused-ring (bicyclic) bond motifs is 1. The molecular formula is C21H23NO3S. The summed E-state index contributed by atoms with van der Waals surface area (Å²) in [7, 11) is 1.00. The third-order valence-electron chi connectivity index (χ3n) is 4.62. The average Bonchev–Trinajstić information content (AvgIpc) is 3.27. The fourth-order valence-corrected chi connectivity index (χ4v) is 4.01. The molecule has 1 aromatic heterocycles.